The average Bonchev–Trinajstić information content (AvgIpc) is 3.65. The van der Waals surface area contributed by atoms with Crippen LogP contribution in [0.2, 0.25) is 5.02 Å². The van der Waals surface area contributed by atoms with E-state index in [2.05, 4.69) is 16.4 Å². The molecule has 2 saturated heterocycles. The normalized spacial score (nSPS) is 19.7. The van der Waals surface area contributed by atoms with Crippen molar-refractivity contribution in [3.8, 4) is 11.3 Å². The number of carbonyl (C=O) groups is 2. The molecule has 2 fully saturated rings. The third-order valence-electron chi connectivity index (χ3n) is 7.55. The van der Waals surface area contributed by atoms with Crippen molar-refractivity contribution in [2.45, 2.75) is 58.0 Å². The molecule has 9 nitrogen and oxygen atoms in total. The van der Waals surface area contributed by atoms with Gasteiger partial charge >= 0.3 is 0 Å². The van der Waals surface area contributed by atoms with Crippen LogP contribution in [0.4, 0.5) is 5.82 Å². The number of unbranched alkanes of at least 4 members (excludes halogenated alkanes) is 2. The summed E-state index contributed by atoms with van der Waals surface area (Å²) in [5.41, 5.74) is 6.88. The van der Waals surface area contributed by atoms with Gasteiger partial charge in [0.25, 0.3) is 5.56 Å². The van der Waals surface area contributed by atoms with Crippen molar-refractivity contribution in [3.63, 3.8) is 0 Å². The Morgan fingerprint density at radius 3 is 2.62 bits per heavy atom. The highest BCUT2D eigenvalue weighted by molar-refractivity contribution is 6.30. The lowest BCUT2D eigenvalue weighted by molar-refractivity contribution is -0.131. The number of halogens is 1. The van der Waals surface area contributed by atoms with Gasteiger partial charge < -0.3 is 15.5 Å². The Morgan fingerprint density at radius 1 is 1.14 bits per heavy atom. The Labute approximate surface area is 220 Å². The van der Waals surface area contributed by atoms with Gasteiger partial charge in [-0.25, -0.2) is 4.98 Å². The van der Waals surface area contributed by atoms with Crippen molar-refractivity contribution in [2.24, 2.45) is 11.7 Å². The summed E-state index contributed by atoms with van der Waals surface area (Å²) in [5.74, 6) is 0.641. The number of hydrogen-bond acceptors (Lipinski definition) is 5. The second-order valence-corrected chi connectivity index (χ2v) is 10.5. The molecule has 1 unspecified atom stereocenters. The molecule has 10 heteroatoms. The third-order valence-corrected chi connectivity index (χ3v) is 7.81. The molecule has 0 spiro atoms. The van der Waals surface area contributed by atoms with E-state index in [4.69, 9.17) is 22.3 Å². The van der Waals surface area contributed by atoms with Crippen molar-refractivity contribution < 1.29 is 9.59 Å². The number of benzene rings is 1. The minimum atomic E-state index is -0.378. The van der Waals surface area contributed by atoms with Gasteiger partial charge in [-0.2, -0.15) is 0 Å². The second kappa shape index (κ2) is 10.6. The van der Waals surface area contributed by atoms with Crippen LogP contribution in [0.25, 0.3) is 17.0 Å². The molecule has 2 N–H and O–H groups in total. The van der Waals surface area contributed by atoms with Crippen molar-refractivity contribution in [1.82, 2.24) is 18.9 Å². The number of aromatic nitrogens is 3. The van der Waals surface area contributed by atoms with Crippen LogP contribution in [0.3, 0.4) is 0 Å². The van der Waals surface area contributed by atoms with E-state index in [1.165, 1.54) is 0 Å². The molecule has 0 saturated carbocycles. The topological polar surface area (TPSA) is 106 Å². The summed E-state index contributed by atoms with van der Waals surface area (Å²) >= 11 is 6.06. The van der Waals surface area contributed by atoms with Crippen LogP contribution in [0.1, 0.15) is 45.4 Å². The molecule has 0 aliphatic carbocycles. The summed E-state index contributed by atoms with van der Waals surface area (Å²) in [4.78, 5) is 47.2. The molecule has 2 aromatic heterocycles. The van der Waals surface area contributed by atoms with Crippen molar-refractivity contribution in [2.75, 3.05) is 24.5 Å². The van der Waals surface area contributed by atoms with E-state index < -0.39 is 0 Å². The molecule has 2 aliphatic heterocycles. The Hall–Kier alpha value is -3.33. The predicted octanol–water partition coefficient (Wildman–Crippen LogP) is 3.31. The molecule has 3 aromatic rings. The van der Waals surface area contributed by atoms with E-state index in [0.29, 0.717) is 55.5 Å². The molecule has 37 heavy (non-hydrogen) atoms. The summed E-state index contributed by atoms with van der Waals surface area (Å²) in [6.07, 6.45) is 6.97. The number of nitrogens with two attached hydrogens (primary N) is 1. The Kier molecular flexibility index (Phi) is 7.24. The zero-order valence-corrected chi connectivity index (χ0v) is 21.9. The summed E-state index contributed by atoms with van der Waals surface area (Å²) < 4.78 is 3.67. The maximum absolute atomic E-state index is 13.5. The number of anilines is 1. The fourth-order valence-corrected chi connectivity index (χ4v) is 5.64. The number of aryl methyl sites for hydroxylation is 1. The van der Waals surface area contributed by atoms with Crippen LogP contribution >= 0.6 is 11.6 Å². The SMILES string of the molecule is CCCCCn1c(N2CCC[C@H]2C(=O)N2CCC(C(N)=O)C2)cc(=O)n2cc(-c3ccc(Cl)cc3)nc12. The maximum atomic E-state index is 13.5. The van der Waals surface area contributed by atoms with Crippen LogP contribution < -0.4 is 16.2 Å². The first-order chi connectivity index (χ1) is 17.9. The zero-order chi connectivity index (χ0) is 26.1. The fourth-order valence-electron chi connectivity index (χ4n) is 5.52. The first-order valence-electron chi connectivity index (χ1n) is 13.1. The summed E-state index contributed by atoms with van der Waals surface area (Å²) in [5, 5.41) is 0.638. The number of rotatable bonds is 8. The standard InChI is InChI=1S/C27H33ClN6O3/c1-2-3-4-12-33-23(32-13-5-6-22(32)26(37)31-14-11-19(16-31)25(29)36)15-24(35)34-17-21(30-27(33)34)18-7-9-20(28)10-8-18/h7-10,15,17,19,22H,2-6,11-14,16H2,1H3,(H2,29,36)/t19?,22-/m0/s1. The van der Waals surface area contributed by atoms with E-state index in [1.54, 1.807) is 33.7 Å². The van der Waals surface area contributed by atoms with Crippen LogP contribution in [0, 0.1) is 5.92 Å². The lowest BCUT2D eigenvalue weighted by Gasteiger charge is -2.31. The smallest absolute Gasteiger partial charge is 0.261 e. The van der Waals surface area contributed by atoms with Gasteiger partial charge in [-0.1, -0.05) is 43.5 Å². The van der Waals surface area contributed by atoms with Crippen molar-refractivity contribution in [3.05, 3.63) is 51.9 Å². The number of hydrogen-bond donors (Lipinski definition) is 1. The number of nitrogens with zero attached hydrogens (tertiary/aromatic N) is 5. The number of primary amides is 1. The van der Waals surface area contributed by atoms with Crippen LogP contribution in [0.5, 0.6) is 0 Å². The summed E-state index contributed by atoms with van der Waals surface area (Å²) in [6, 6.07) is 8.65. The summed E-state index contributed by atoms with van der Waals surface area (Å²) in [6.45, 7) is 4.42. The highest BCUT2D eigenvalue weighted by Crippen LogP contribution is 2.30. The number of likely N-dealkylation sites (tertiary alicyclic amines) is 1. The molecule has 5 rings (SSSR count). The number of imidazole rings is 1. The molecular weight excluding hydrogens is 492 g/mol. The van der Waals surface area contributed by atoms with E-state index in [-0.39, 0.29) is 29.3 Å². The molecule has 2 amide bonds. The minimum Gasteiger partial charge on any atom is -0.369 e. The largest absolute Gasteiger partial charge is 0.369 e. The highest BCUT2D eigenvalue weighted by Gasteiger charge is 2.39. The molecule has 2 aliphatic rings. The molecule has 4 heterocycles. The first kappa shape index (κ1) is 25.3. The number of fused-ring (bicyclic) bond motifs is 1. The van der Waals surface area contributed by atoms with Crippen molar-refractivity contribution in [1.29, 1.82) is 0 Å². The monoisotopic (exact) mass is 524 g/mol. The molecule has 0 bridgehead atoms. The van der Waals surface area contributed by atoms with Gasteiger partial charge in [0.05, 0.1) is 11.6 Å². The fraction of sp³-hybridized carbons (Fsp3) is 0.481. The van der Waals surface area contributed by atoms with Crippen LogP contribution in [-0.2, 0) is 16.1 Å². The number of carbonyl (C=O) groups excluding carboxylic acids is 2. The van der Waals surface area contributed by atoms with E-state index in [9.17, 15) is 14.4 Å². The molecular formula is C27H33ClN6O3. The van der Waals surface area contributed by atoms with Gasteiger partial charge in [-0.3, -0.25) is 23.4 Å². The second-order valence-electron chi connectivity index (χ2n) is 10.0. The van der Waals surface area contributed by atoms with Gasteiger partial charge in [-0.05, 0) is 37.8 Å². The third kappa shape index (κ3) is 4.97. The Morgan fingerprint density at radius 2 is 1.92 bits per heavy atom. The van der Waals surface area contributed by atoms with Crippen LogP contribution in [0.15, 0.2) is 41.3 Å². The summed E-state index contributed by atoms with van der Waals surface area (Å²) in [7, 11) is 0. The first-order valence-corrected chi connectivity index (χ1v) is 13.5. The van der Waals surface area contributed by atoms with Crippen LogP contribution in [-0.4, -0.2) is 56.3 Å². The van der Waals surface area contributed by atoms with Gasteiger partial charge in [-0.15, -0.1) is 0 Å². The molecule has 196 valence electrons. The van der Waals surface area contributed by atoms with E-state index in [0.717, 1.165) is 37.1 Å². The van der Waals surface area contributed by atoms with Gasteiger partial charge in [0, 0.05) is 49.0 Å². The Balaban J connectivity index is 1.53. The molecule has 1 aromatic carbocycles. The lowest BCUT2D eigenvalue weighted by atomic mass is 10.1. The highest BCUT2D eigenvalue weighted by atomic mass is 35.5. The minimum absolute atomic E-state index is 0.00104. The zero-order valence-electron chi connectivity index (χ0n) is 21.1. The Bertz CT molecular complexity index is 1360. The quantitative estimate of drug-likeness (QED) is 0.455. The molecule has 2 atom stereocenters. The van der Waals surface area contributed by atoms with E-state index >= 15 is 0 Å². The molecule has 0 radical (unpaired) electrons. The lowest BCUT2D eigenvalue weighted by Crippen LogP contribution is -2.46. The van der Waals surface area contributed by atoms with Crippen molar-refractivity contribution >= 4 is 35.0 Å². The maximum Gasteiger partial charge on any atom is 0.261 e. The predicted molar refractivity (Wildman–Crippen MR) is 144 cm³/mol. The van der Waals surface area contributed by atoms with E-state index in [1.807, 2.05) is 12.1 Å². The van der Waals surface area contributed by atoms with Gasteiger partial charge in [0.2, 0.25) is 17.6 Å². The average molecular weight is 525 g/mol. The number of amides is 2. The van der Waals surface area contributed by atoms with Gasteiger partial charge in [0.1, 0.15) is 11.9 Å². The van der Waals surface area contributed by atoms with Gasteiger partial charge in [0.15, 0.2) is 0 Å².